The van der Waals surface area contributed by atoms with Crippen LogP contribution in [0.25, 0.3) is 0 Å². The van der Waals surface area contributed by atoms with Gasteiger partial charge in [0.25, 0.3) is 0 Å². The molecule has 1 aromatic carbocycles. The first-order chi connectivity index (χ1) is 9.48. The van der Waals surface area contributed by atoms with Crippen molar-refractivity contribution in [3.8, 4) is 0 Å². The van der Waals surface area contributed by atoms with Crippen LogP contribution in [0.3, 0.4) is 0 Å². The van der Waals surface area contributed by atoms with Crippen LogP contribution in [0.4, 0.5) is 5.69 Å². The van der Waals surface area contributed by atoms with E-state index >= 15 is 0 Å². The van der Waals surface area contributed by atoms with Gasteiger partial charge in [0.2, 0.25) is 10.0 Å². The third-order valence-corrected chi connectivity index (χ3v) is 6.32. The number of hydrogen-bond acceptors (Lipinski definition) is 4. The van der Waals surface area contributed by atoms with Gasteiger partial charge in [-0.1, -0.05) is 6.07 Å². The SMILES string of the molecule is CC1CN2CCCC2CN1S(=O)(=O)c1cccc(N)c1. The second-order valence-corrected chi connectivity index (χ2v) is 7.68. The van der Waals surface area contributed by atoms with Crippen LogP contribution >= 0.6 is 0 Å². The molecule has 0 spiro atoms. The van der Waals surface area contributed by atoms with Crippen molar-refractivity contribution in [2.24, 2.45) is 0 Å². The fourth-order valence-electron chi connectivity index (χ4n) is 3.31. The molecule has 2 heterocycles. The molecule has 1 aromatic rings. The molecule has 2 N–H and O–H groups in total. The van der Waals surface area contributed by atoms with Gasteiger partial charge < -0.3 is 5.73 Å². The number of benzene rings is 1. The lowest BCUT2D eigenvalue weighted by Crippen LogP contribution is -2.56. The highest BCUT2D eigenvalue weighted by Gasteiger charge is 2.40. The van der Waals surface area contributed by atoms with Gasteiger partial charge in [-0.2, -0.15) is 4.31 Å². The summed E-state index contributed by atoms with van der Waals surface area (Å²) in [6.07, 6.45) is 2.26. The molecule has 2 atom stereocenters. The summed E-state index contributed by atoms with van der Waals surface area (Å²) in [5, 5.41) is 0. The summed E-state index contributed by atoms with van der Waals surface area (Å²) in [5.74, 6) is 0. The Bertz CT molecular complexity index is 602. The van der Waals surface area contributed by atoms with E-state index in [-0.39, 0.29) is 6.04 Å². The first-order valence-corrected chi connectivity index (χ1v) is 8.54. The maximum atomic E-state index is 12.8. The minimum absolute atomic E-state index is 0.00998. The Kier molecular flexibility index (Phi) is 3.48. The molecule has 110 valence electrons. The van der Waals surface area contributed by atoms with Gasteiger partial charge in [-0.05, 0) is 44.5 Å². The highest BCUT2D eigenvalue weighted by molar-refractivity contribution is 7.89. The second-order valence-electron chi connectivity index (χ2n) is 5.79. The van der Waals surface area contributed by atoms with Gasteiger partial charge in [0, 0.05) is 30.9 Å². The Morgan fingerprint density at radius 3 is 2.85 bits per heavy atom. The predicted octanol–water partition coefficient (Wildman–Crippen LogP) is 1.13. The van der Waals surface area contributed by atoms with Crippen molar-refractivity contribution in [2.45, 2.75) is 36.7 Å². The molecule has 5 nitrogen and oxygen atoms in total. The molecule has 2 aliphatic rings. The summed E-state index contributed by atoms with van der Waals surface area (Å²) in [6, 6.07) is 6.95. The Morgan fingerprint density at radius 2 is 2.10 bits per heavy atom. The molecule has 20 heavy (non-hydrogen) atoms. The quantitative estimate of drug-likeness (QED) is 0.831. The van der Waals surface area contributed by atoms with Gasteiger partial charge in [-0.15, -0.1) is 0 Å². The zero-order chi connectivity index (χ0) is 14.3. The highest BCUT2D eigenvalue weighted by Crippen LogP contribution is 2.29. The van der Waals surface area contributed by atoms with E-state index in [1.165, 1.54) is 6.42 Å². The summed E-state index contributed by atoms with van der Waals surface area (Å²) >= 11 is 0. The molecule has 0 aliphatic carbocycles. The first-order valence-electron chi connectivity index (χ1n) is 7.10. The molecule has 2 aliphatic heterocycles. The van der Waals surface area contributed by atoms with Crippen LogP contribution in [-0.4, -0.2) is 49.3 Å². The molecular formula is C14H21N3O2S. The third kappa shape index (κ3) is 2.32. The maximum Gasteiger partial charge on any atom is 0.243 e. The summed E-state index contributed by atoms with van der Waals surface area (Å²) in [6.45, 7) is 4.50. The Labute approximate surface area is 120 Å². The summed E-state index contributed by atoms with van der Waals surface area (Å²) in [7, 11) is -3.45. The van der Waals surface area contributed by atoms with Gasteiger partial charge in [0.15, 0.2) is 0 Å². The molecule has 0 amide bonds. The van der Waals surface area contributed by atoms with Gasteiger partial charge in [-0.3, -0.25) is 4.90 Å². The average Bonchev–Trinajstić information content (AvgIpc) is 2.84. The van der Waals surface area contributed by atoms with Crippen LogP contribution in [0.15, 0.2) is 29.2 Å². The fourth-order valence-corrected chi connectivity index (χ4v) is 5.02. The second kappa shape index (κ2) is 5.02. The van der Waals surface area contributed by atoms with Crippen LogP contribution in [0.5, 0.6) is 0 Å². The topological polar surface area (TPSA) is 66.6 Å². The third-order valence-electron chi connectivity index (χ3n) is 4.34. The van der Waals surface area contributed by atoms with Crippen molar-refractivity contribution in [2.75, 3.05) is 25.4 Å². The normalized spacial score (nSPS) is 28.4. The first kappa shape index (κ1) is 13.9. The van der Waals surface area contributed by atoms with E-state index in [9.17, 15) is 8.42 Å². The van der Waals surface area contributed by atoms with Crippen molar-refractivity contribution in [3.63, 3.8) is 0 Å². The minimum Gasteiger partial charge on any atom is -0.399 e. The van der Waals surface area contributed by atoms with Crippen LogP contribution in [-0.2, 0) is 10.0 Å². The van der Waals surface area contributed by atoms with E-state index < -0.39 is 10.0 Å². The molecule has 3 rings (SSSR count). The zero-order valence-corrected chi connectivity index (χ0v) is 12.5. The minimum atomic E-state index is -3.45. The molecule has 0 aromatic heterocycles. The van der Waals surface area contributed by atoms with Crippen molar-refractivity contribution in [1.29, 1.82) is 0 Å². The summed E-state index contributed by atoms with van der Waals surface area (Å²) < 4.78 is 27.2. The lowest BCUT2D eigenvalue weighted by Gasteiger charge is -2.41. The van der Waals surface area contributed by atoms with Crippen LogP contribution in [0, 0.1) is 0 Å². The van der Waals surface area contributed by atoms with E-state index in [0.717, 1.165) is 19.5 Å². The number of nitrogen functional groups attached to an aromatic ring is 1. The largest absolute Gasteiger partial charge is 0.399 e. The van der Waals surface area contributed by atoms with E-state index in [0.29, 0.717) is 23.2 Å². The van der Waals surface area contributed by atoms with E-state index in [4.69, 9.17) is 5.73 Å². The van der Waals surface area contributed by atoms with Gasteiger partial charge in [-0.25, -0.2) is 8.42 Å². The van der Waals surface area contributed by atoms with E-state index in [1.54, 1.807) is 28.6 Å². The number of piperazine rings is 1. The van der Waals surface area contributed by atoms with Gasteiger partial charge in [0.05, 0.1) is 4.90 Å². The number of fused-ring (bicyclic) bond motifs is 1. The average molecular weight is 295 g/mol. The molecular weight excluding hydrogens is 274 g/mol. The zero-order valence-electron chi connectivity index (χ0n) is 11.7. The van der Waals surface area contributed by atoms with Gasteiger partial charge in [0.1, 0.15) is 0 Å². The summed E-state index contributed by atoms with van der Waals surface area (Å²) in [4.78, 5) is 2.71. The number of hydrogen-bond donors (Lipinski definition) is 1. The predicted molar refractivity (Wildman–Crippen MR) is 78.8 cm³/mol. The van der Waals surface area contributed by atoms with Gasteiger partial charge >= 0.3 is 0 Å². The smallest absolute Gasteiger partial charge is 0.243 e. The fraction of sp³-hybridized carbons (Fsp3) is 0.571. The standard InChI is InChI=1S/C14H21N3O2S/c1-11-9-16-7-3-5-13(16)10-17(11)20(18,19)14-6-2-4-12(15)8-14/h2,4,6,8,11,13H,3,5,7,9-10,15H2,1H3. The number of sulfonamides is 1. The summed E-state index contributed by atoms with van der Waals surface area (Å²) in [5.41, 5.74) is 6.20. The molecule has 2 unspecified atom stereocenters. The number of nitrogens with two attached hydrogens (primary N) is 1. The lowest BCUT2D eigenvalue weighted by atomic mass is 10.1. The van der Waals surface area contributed by atoms with Crippen molar-refractivity contribution >= 4 is 15.7 Å². The van der Waals surface area contributed by atoms with Crippen molar-refractivity contribution in [1.82, 2.24) is 9.21 Å². The van der Waals surface area contributed by atoms with Crippen LogP contribution in [0.1, 0.15) is 19.8 Å². The monoisotopic (exact) mass is 295 g/mol. The molecule has 2 saturated heterocycles. The molecule has 2 fully saturated rings. The van der Waals surface area contributed by atoms with E-state index in [2.05, 4.69) is 4.90 Å². The van der Waals surface area contributed by atoms with Crippen molar-refractivity contribution in [3.05, 3.63) is 24.3 Å². The number of rotatable bonds is 2. The molecule has 0 radical (unpaired) electrons. The maximum absolute atomic E-state index is 12.8. The van der Waals surface area contributed by atoms with Crippen LogP contribution in [0.2, 0.25) is 0 Å². The molecule has 0 bridgehead atoms. The van der Waals surface area contributed by atoms with Crippen molar-refractivity contribution < 1.29 is 8.42 Å². The Morgan fingerprint density at radius 1 is 1.30 bits per heavy atom. The Balaban J connectivity index is 1.90. The van der Waals surface area contributed by atoms with Crippen LogP contribution < -0.4 is 5.73 Å². The number of anilines is 1. The molecule has 0 saturated carbocycles. The highest BCUT2D eigenvalue weighted by atomic mass is 32.2. The Hall–Kier alpha value is -1.11. The number of nitrogens with zero attached hydrogens (tertiary/aromatic N) is 2. The molecule has 6 heteroatoms. The van der Waals surface area contributed by atoms with E-state index in [1.807, 2.05) is 6.92 Å². The lowest BCUT2D eigenvalue weighted by molar-refractivity contribution is 0.117.